The highest BCUT2D eigenvalue weighted by Gasteiger charge is 2.31. The summed E-state index contributed by atoms with van der Waals surface area (Å²) in [7, 11) is 0. The van der Waals surface area contributed by atoms with E-state index in [9.17, 15) is 4.79 Å². The van der Waals surface area contributed by atoms with E-state index in [0.29, 0.717) is 5.41 Å². The SMILES string of the molecule is CC1(C)CCN(C(=O)CN)C1. The average molecular weight is 156 g/mol. The van der Waals surface area contributed by atoms with Gasteiger partial charge in [-0.25, -0.2) is 0 Å². The smallest absolute Gasteiger partial charge is 0.236 e. The summed E-state index contributed by atoms with van der Waals surface area (Å²) in [6.45, 7) is 6.25. The van der Waals surface area contributed by atoms with Gasteiger partial charge in [-0.3, -0.25) is 4.79 Å². The molecule has 3 heteroatoms. The molecule has 1 saturated heterocycles. The lowest BCUT2D eigenvalue weighted by molar-refractivity contribution is -0.128. The van der Waals surface area contributed by atoms with Gasteiger partial charge in [0.05, 0.1) is 6.54 Å². The second-order valence-electron chi connectivity index (χ2n) is 3.93. The highest BCUT2D eigenvalue weighted by molar-refractivity contribution is 5.78. The van der Waals surface area contributed by atoms with Crippen LogP contribution in [0.4, 0.5) is 0 Å². The molecule has 0 atom stereocenters. The Morgan fingerprint density at radius 2 is 2.27 bits per heavy atom. The van der Waals surface area contributed by atoms with Gasteiger partial charge < -0.3 is 10.6 Å². The molecule has 1 fully saturated rings. The predicted molar refractivity (Wildman–Crippen MR) is 44.0 cm³/mol. The van der Waals surface area contributed by atoms with E-state index in [1.807, 2.05) is 4.90 Å². The van der Waals surface area contributed by atoms with E-state index in [0.717, 1.165) is 19.5 Å². The molecule has 0 aliphatic carbocycles. The lowest BCUT2D eigenvalue weighted by Gasteiger charge is -2.18. The molecule has 0 aromatic heterocycles. The molecule has 0 spiro atoms. The van der Waals surface area contributed by atoms with Crippen molar-refractivity contribution in [2.45, 2.75) is 20.3 Å². The molecule has 0 aromatic rings. The maximum atomic E-state index is 11.1. The highest BCUT2D eigenvalue weighted by Crippen LogP contribution is 2.28. The van der Waals surface area contributed by atoms with Crippen molar-refractivity contribution in [2.75, 3.05) is 19.6 Å². The van der Waals surface area contributed by atoms with Gasteiger partial charge in [-0.05, 0) is 11.8 Å². The standard InChI is InChI=1S/C8H16N2O/c1-8(2)3-4-10(6-8)7(11)5-9/h3-6,9H2,1-2H3. The number of carbonyl (C=O) groups is 1. The molecule has 0 radical (unpaired) electrons. The lowest BCUT2D eigenvalue weighted by atomic mass is 9.93. The van der Waals surface area contributed by atoms with E-state index < -0.39 is 0 Å². The molecule has 0 saturated carbocycles. The van der Waals surface area contributed by atoms with Crippen LogP contribution in [0, 0.1) is 5.41 Å². The van der Waals surface area contributed by atoms with Crippen LogP contribution in [0.15, 0.2) is 0 Å². The molecule has 0 aromatic carbocycles. The molecule has 1 aliphatic heterocycles. The minimum absolute atomic E-state index is 0.0792. The lowest BCUT2D eigenvalue weighted by Crippen LogP contribution is -2.35. The van der Waals surface area contributed by atoms with Crippen LogP contribution in [0.3, 0.4) is 0 Å². The summed E-state index contributed by atoms with van der Waals surface area (Å²) in [6, 6.07) is 0. The summed E-state index contributed by atoms with van der Waals surface area (Å²) in [5.74, 6) is 0.0792. The van der Waals surface area contributed by atoms with Crippen LogP contribution in [0.25, 0.3) is 0 Å². The predicted octanol–water partition coefficient (Wildman–Crippen LogP) is 0.204. The molecule has 2 N–H and O–H groups in total. The van der Waals surface area contributed by atoms with Crippen molar-refractivity contribution < 1.29 is 4.79 Å². The van der Waals surface area contributed by atoms with Crippen molar-refractivity contribution in [3.8, 4) is 0 Å². The number of likely N-dealkylation sites (tertiary alicyclic amines) is 1. The fourth-order valence-electron chi connectivity index (χ4n) is 1.45. The summed E-state index contributed by atoms with van der Waals surface area (Å²) in [5.41, 5.74) is 5.55. The number of hydrogen-bond donors (Lipinski definition) is 1. The molecule has 1 rings (SSSR count). The molecular formula is C8H16N2O. The van der Waals surface area contributed by atoms with Crippen molar-refractivity contribution >= 4 is 5.91 Å². The molecule has 1 heterocycles. The van der Waals surface area contributed by atoms with Crippen molar-refractivity contribution in [3.05, 3.63) is 0 Å². The summed E-state index contributed by atoms with van der Waals surface area (Å²) >= 11 is 0. The largest absolute Gasteiger partial charge is 0.341 e. The molecule has 0 unspecified atom stereocenters. The maximum absolute atomic E-state index is 11.1. The zero-order chi connectivity index (χ0) is 8.48. The fraction of sp³-hybridized carbons (Fsp3) is 0.875. The van der Waals surface area contributed by atoms with Crippen LogP contribution in [0.2, 0.25) is 0 Å². The van der Waals surface area contributed by atoms with Crippen LogP contribution in [0.1, 0.15) is 20.3 Å². The quantitative estimate of drug-likeness (QED) is 0.589. The van der Waals surface area contributed by atoms with Crippen LogP contribution in [0.5, 0.6) is 0 Å². The van der Waals surface area contributed by atoms with E-state index in [4.69, 9.17) is 5.73 Å². The van der Waals surface area contributed by atoms with Crippen molar-refractivity contribution in [2.24, 2.45) is 11.1 Å². The second kappa shape index (κ2) is 2.81. The first-order chi connectivity index (χ1) is 5.05. The Morgan fingerprint density at radius 1 is 1.64 bits per heavy atom. The van der Waals surface area contributed by atoms with Crippen LogP contribution in [-0.2, 0) is 4.79 Å². The minimum Gasteiger partial charge on any atom is -0.341 e. The Balaban J connectivity index is 2.48. The third-order valence-electron chi connectivity index (χ3n) is 2.20. The van der Waals surface area contributed by atoms with E-state index >= 15 is 0 Å². The number of nitrogens with two attached hydrogens (primary N) is 1. The van der Waals surface area contributed by atoms with Crippen molar-refractivity contribution in [1.29, 1.82) is 0 Å². The number of hydrogen-bond acceptors (Lipinski definition) is 2. The summed E-state index contributed by atoms with van der Waals surface area (Å²) in [5, 5.41) is 0. The molecule has 3 nitrogen and oxygen atoms in total. The van der Waals surface area contributed by atoms with Gasteiger partial charge in [0, 0.05) is 13.1 Å². The van der Waals surface area contributed by atoms with Gasteiger partial charge in [0.25, 0.3) is 0 Å². The van der Waals surface area contributed by atoms with E-state index in [1.54, 1.807) is 0 Å². The average Bonchev–Trinajstić information content (AvgIpc) is 2.29. The summed E-state index contributed by atoms with van der Waals surface area (Å²) < 4.78 is 0. The Morgan fingerprint density at radius 3 is 2.64 bits per heavy atom. The number of rotatable bonds is 1. The van der Waals surface area contributed by atoms with Gasteiger partial charge in [-0.2, -0.15) is 0 Å². The zero-order valence-electron chi connectivity index (χ0n) is 7.26. The third-order valence-corrected chi connectivity index (χ3v) is 2.20. The molecule has 64 valence electrons. The Kier molecular flexibility index (Phi) is 2.18. The van der Waals surface area contributed by atoms with Crippen LogP contribution >= 0.6 is 0 Å². The number of nitrogens with zero attached hydrogens (tertiary/aromatic N) is 1. The topological polar surface area (TPSA) is 46.3 Å². The zero-order valence-corrected chi connectivity index (χ0v) is 7.26. The normalized spacial score (nSPS) is 22.3. The first kappa shape index (κ1) is 8.53. The van der Waals surface area contributed by atoms with Gasteiger partial charge in [0.2, 0.25) is 5.91 Å². The molecule has 11 heavy (non-hydrogen) atoms. The Bertz CT molecular complexity index is 165. The van der Waals surface area contributed by atoms with E-state index in [-0.39, 0.29) is 12.5 Å². The van der Waals surface area contributed by atoms with Crippen LogP contribution < -0.4 is 5.73 Å². The Labute approximate surface area is 67.5 Å². The van der Waals surface area contributed by atoms with Gasteiger partial charge in [0.15, 0.2) is 0 Å². The van der Waals surface area contributed by atoms with Gasteiger partial charge in [-0.1, -0.05) is 13.8 Å². The monoisotopic (exact) mass is 156 g/mol. The summed E-state index contributed by atoms with van der Waals surface area (Å²) in [4.78, 5) is 13.0. The van der Waals surface area contributed by atoms with Gasteiger partial charge >= 0.3 is 0 Å². The highest BCUT2D eigenvalue weighted by atomic mass is 16.2. The summed E-state index contributed by atoms with van der Waals surface area (Å²) in [6.07, 6.45) is 1.10. The maximum Gasteiger partial charge on any atom is 0.236 e. The molecule has 1 aliphatic rings. The van der Waals surface area contributed by atoms with Gasteiger partial charge in [0.1, 0.15) is 0 Å². The minimum atomic E-state index is 0.0792. The van der Waals surface area contributed by atoms with E-state index in [1.165, 1.54) is 0 Å². The van der Waals surface area contributed by atoms with Crippen molar-refractivity contribution in [1.82, 2.24) is 4.90 Å². The number of carbonyl (C=O) groups excluding carboxylic acids is 1. The fourth-order valence-corrected chi connectivity index (χ4v) is 1.45. The molecule has 1 amide bonds. The van der Waals surface area contributed by atoms with Crippen LogP contribution in [-0.4, -0.2) is 30.4 Å². The molecular weight excluding hydrogens is 140 g/mol. The van der Waals surface area contributed by atoms with Gasteiger partial charge in [-0.15, -0.1) is 0 Å². The first-order valence-electron chi connectivity index (χ1n) is 4.03. The first-order valence-corrected chi connectivity index (χ1v) is 4.03. The molecule has 0 bridgehead atoms. The Hall–Kier alpha value is -0.570. The second-order valence-corrected chi connectivity index (χ2v) is 3.93. The van der Waals surface area contributed by atoms with Crippen molar-refractivity contribution in [3.63, 3.8) is 0 Å². The third kappa shape index (κ3) is 1.93. The number of amides is 1. The van der Waals surface area contributed by atoms with E-state index in [2.05, 4.69) is 13.8 Å².